The number of likely N-dealkylation sites (tertiary alicyclic amines) is 1. The highest BCUT2D eigenvalue weighted by molar-refractivity contribution is 5.81. The zero-order valence-corrected chi connectivity index (χ0v) is 16.4. The highest BCUT2D eigenvalue weighted by Gasteiger charge is 2.49. The average molecular weight is 376 g/mol. The van der Waals surface area contributed by atoms with Gasteiger partial charge in [-0.15, -0.1) is 0 Å². The summed E-state index contributed by atoms with van der Waals surface area (Å²) in [6.45, 7) is 3.64. The Hall–Kier alpha value is -2.17. The molecular formula is C24H29N3O. The van der Waals surface area contributed by atoms with E-state index in [1.54, 1.807) is 0 Å². The van der Waals surface area contributed by atoms with Crippen molar-refractivity contribution in [2.24, 2.45) is 0 Å². The zero-order valence-electron chi connectivity index (χ0n) is 16.4. The Bertz CT molecular complexity index is 842. The molecule has 1 spiro atoms. The van der Waals surface area contributed by atoms with Crippen LogP contribution in [0.2, 0.25) is 0 Å². The summed E-state index contributed by atoms with van der Waals surface area (Å²) in [4.78, 5) is 17.5. The summed E-state index contributed by atoms with van der Waals surface area (Å²) < 4.78 is 0. The quantitative estimate of drug-likeness (QED) is 0.896. The minimum Gasteiger partial charge on any atom is -0.337 e. The third kappa shape index (κ3) is 3.36. The Morgan fingerprint density at radius 1 is 0.964 bits per heavy atom. The first kappa shape index (κ1) is 17.9. The van der Waals surface area contributed by atoms with Crippen molar-refractivity contribution >= 4 is 5.91 Å². The van der Waals surface area contributed by atoms with Crippen LogP contribution in [0, 0.1) is 0 Å². The van der Waals surface area contributed by atoms with E-state index in [0.29, 0.717) is 12.6 Å². The van der Waals surface area contributed by atoms with Gasteiger partial charge in [-0.1, -0.05) is 54.6 Å². The smallest absolute Gasteiger partial charge is 0.235 e. The molecule has 28 heavy (non-hydrogen) atoms. The molecule has 3 aliphatic rings. The number of fused-ring (bicyclic) bond motifs is 1. The van der Waals surface area contributed by atoms with Gasteiger partial charge in [0.2, 0.25) is 5.91 Å². The molecule has 1 atom stereocenters. The van der Waals surface area contributed by atoms with Crippen LogP contribution in [-0.2, 0) is 24.2 Å². The van der Waals surface area contributed by atoms with Crippen molar-refractivity contribution in [3.8, 4) is 0 Å². The molecule has 2 heterocycles. The van der Waals surface area contributed by atoms with Crippen LogP contribution in [0.4, 0.5) is 0 Å². The molecule has 2 aromatic carbocycles. The predicted octanol–water partition coefficient (Wildman–Crippen LogP) is 2.97. The lowest BCUT2D eigenvalue weighted by molar-refractivity contribution is -0.119. The van der Waals surface area contributed by atoms with Crippen LogP contribution in [0.15, 0.2) is 54.6 Å². The fourth-order valence-electron chi connectivity index (χ4n) is 5.43. The second kappa shape index (κ2) is 7.34. The predicted molar refractivity (Wildman–Crippen MR) is 111 cm³/mol. The van der Waals surface area contributed by atoms with Gasteiger partial charge in [0.1, 0.15) is 0 Å². The lowest BCUT2D eigenvalue weighted by Crippen LogP contribution is -2.61. The lowest BCUT2D eigenvalue weighted by Gasteiger charge is -2.48. The Balaban J connectivity index is 1.29. The van der Waals surface area contributed by atoms with Crippen molar-refractivity contribution in [3.05, 3.63) is 71.3 Å². The Morgan fingerprint density at radius 2 is 1.68 bits per heavy atom. The molecule has 0 bridgehead atoms. The summed E-state index contributed by atoms with van der Waals surface area (Å²) in [6.07, 6.45) is 5.39. The number of hydrogen-bond acceptors (Lipinski definition) is 3. The second-order valence-corrected chi connectivity index (χ2v) is 8.63. The highest BCUT2D eigenvalue weighted by Crippen LogP contribution is 2.36. The number of carbonyl (C=O) groups excluding carboxylic acids is 1. The molecule has 0 aromatic heterocycles. The number of benzene rings is 2. The van der Waals surface area contributed by atoms with Gasteiger partial charge in [-0.3, -0.25) is 14.6 Å². The SMILES string of the molecule is O=C1CN(C2CCc3ccccc3C2)C2(CCN(Cc3ccccc3)CC2)N1. The standard InChI is InChI=1S/C24H29N3O/c28-23-18-27(22-11-10-20-8-4-5-9-21(20)16-22)24(25-23)12-14-26(15-13-24)17-19-6-2-1-3-7-19/h1-9,22H,10-18H2,(H,25,28). The van der Waals surface area contributed by atoms with Gasteiger partial charge >= 0.3 is 0 Å². The van der Waals surface area contributed by atoms with E-state index in [1.165, 1.54) is 16.7 Å². The third-order valence-corrected chi connectivity index (χ3v) is 6.93. The van der Waals surface area contributed by atoms with Crippen molar-refractivity contribution in [2.45, 2.75) is 50.4 Å². The fourth-order valence-corrected chi connectivity index (χ4v) is 5.43. The molecule has 0 saturated carbocycles. The topological polar surface area (TPSA) is 35.6 Å². The monoisotopic (exact) mass is 375 g/mol. The number of nitrogens with one attached hydrogen (secondary N) is 1. The summed E-state index contributed by atoms with van der Waals surface area (Å²) >= 11 is 0. The molecule has 1 amide bonds. The number of aryl methyl sites for hydroxylation is 1. The Kier molecular flexibility index (Phi) is 4.69. The summed E-state index contributed by atoms with van der Waals surface area (Å²) in [5.74, 6) is 0.204. The summed E-state index contributed by atoms with van der Waals surface area (Å²) in [5, 5.41) is 3.39. The van der Waals surface area contributed by atoms with Gasteiger partial charge in [0.15, 0.2) is 0 Å². The first-order valence-corrected chi connectivity index (χ1v) is 10.6. The molecule has 1 unspecified atom stereocenters. The number of amides is 1. The number of carbonyl (C=O) groups is 1. The van der Waals surface area contributed by atoms with Gasteiger partial charge in [-0.05, 0) is 48.8 Å². The maximum atomic E-state index is 12.4. The summed E-state index contributed by atoms with van der Waals surface area (Å²) in [5.41, 5.74) is 4.19. The maximum absolute atomic E-state index is 12.4. The normalized spacial score (nSPS) is 24.9. The molecule has 2 fully saturated rings. The van der Waals surface area contributed by atoms with Crippen LogP contribution in [0.25, 0.3) is 0 Å². The molecule has 2 saturated heterocycles. The van der Waals surface area contributed by atoms with Gasteiger partial charge in [-0.25, -0.2) is 0 Å². The highest BCUT2D eigenvalue weighted by atomic mass is 16.2. The summed E-state index contributed by atoms with van der Waals surface area (Å²) in [6, 6.07) is 20.0. The molecule has 2 aliphatic heterocycles. The molecule has 5 rings (SSSR count). The second-order valence-electron chi connectivity index (χ2n) is 8.63. The maximum Gasteiger partial charge on any atom is 0.235 e. The number of rotatable bonds is 3. The molecule has 2 aromatic rings. The van der Waals surface area contributed by atoms with E-state index in [0.717, 1.165) is 51.7 Å². The van der Waals surface area contributed by atoms with Crippen LogP contribution < -0.4 is 5.32 Å². The molecule has 146 valence electrons. The Labute approximate surface area is 167 Å². The summed E-state index contributed by atoms with van der Waals surface area (Å²) in [7, 11) is 0. The van der Waals surface area contributed by atoms with Crippen LogP contribution in [0.3, 0.4) is 0 Å². The van der Waals surface area contributed by atoms with Gasteiger partial charge in [0, 0.05) is 25.7 Å². The molecular weight excluding hydrogens is 346 g/mol. The molecule has 4 nitrogen and oxygen atoms in total. The van der Waals surface area contributed by atoms with Gasteiger partial charge in [-0.2, -0.15) is 0 Å². The third-order valence-electron chi connectivity index (χ3n) is 6.93. The van der Waals surface area contributed by atoms with Crippen molar-refractivity contribution in [1.29, 1.82) is 0 Å². The van der Waals surface area contributed by atoms with Crippen molar-refractivity contribution in [3.63, 3.8) is 0 Å². The molecule has 1 N–H and O–H groups in total. The minimum absolute atomic E-state index is 0.138. The van der Waals surface area contributed by atoms with Gasteiger partial charge in [0.25, 0.3) is 0 Å². The van der Waals surface area contributed by atoms with Gasteiger partial charge in [0.05, 0.1) is 12.2 Å². The van der Waals surface area contributed by atoms with Crippen LogP contribution in [-0.4, -0.2) is 47.0 Å². The first-order chi connectivity index (χ1) is 13.7. The lowest BCUT2D eigenvalue weighted by atomic mass is 9.85. The van der Waals surface area contributed by atoms with Crippen LogP contribution in [0.1, 0.15) is 36.0 Å². The van der Waals surface area contributed by atoms with E-state index in [2.05, 4.69) is 69.7 Å². The van der Waals surface area contributed by atoms with Crippen molar-refractivity contribution in [2.75, 3.05) is 19.6 Å². The van der Waals surface area contributed by atoms with Crippen LogP contribution >= 0.6 is 0 Å². The molecule has 4 heteroatoms. The van der Waals surface area contributed by atoms with E-state index in [1.807, 2.05) is 0 Å². The first-order valence-electron chi connectivity index (χ1n) is 10.6. The van der Waals surface area contributed by atoms with E-state index < -0.39 is 0 Å². The molecule has 0 radical (unpaired) electrons. The Morgan fingerprint density at radius 3 is 2.46 bits per heavy atom. The van der Waals surface area contributed by atoms with E-state index in [4.69, 9.17) is 0 Å². The van der Waals surface area contributed by atoms with Crippen LogP contribution in [0.5, 0.6) is 0 Å². The van der Waals surface area contributed by atoms with E-state index in [9.17, 15) is 4.79 Å². The molecule has 1 aliphatic carbocycles. The van der Waals surface area contributed by atoms with E-state index in [-0.39, 0.29) is 11.6 Å². The van der Waals surface area contributed by atoms with E-state index >= 15 is 0 Å². The van der Waals surface area contributed by atoms with Crippen molar-refractivity contribution in [1.82, 2.24) is 15.1 Å². The largest absolute Gasteiger partial charge is 0.337 e. The van der Waals surface area contributed by atoms with Crippen molar-refractivity contribution < 1.29 is 4.79 Å². The number of hydrogen-bond donors (Lipinski definition) is 1. The minimum atomic E-state index is -0.138. The average Bonchev–Trinajstić information content (AvgIpc) is 3.06. The zero-order chi connectivity index (χ0) is 19.0. The number of piperidine rings is 1. The fraction of sp³-hybridized carbons (Fsp3) is 0.458. The van der Waals surface area contributed by atoms with Gasteiger partial charge < -0.3 is 5.32 Å². The number of nitrogens with zero attached hydrogens (tertiary/aromatic N) is 2.